The Morgan fingerprint density at radius 1 is 1.16 bits per heavy atom. The van der Waals surface area contributed by atoms with Crippen LogP contribution >= 0.6 is 0 Å². The number of carbonyl (C=O) groups excluding carboxylic acids is 3. The molecule has 4 nitrogen and oxygen atoms in total. The molecule has 0 atom stereocenters. The summed E-state index contributed by atoms with van der Waals surface area (Å²) < 4.78 is 0. The fourth-order valence-electron chi connectivity index (χ4n) is 2.52. The summed E-state index contributed by atoms with van der Waals surface area (Å²) in [5.41, 5.74) is 0.849. The second-order valence-electron chi connectivity index (χ2n) is 4.88. The predicted octanol–water partition coefficient (Wildman–Crippen LogP) is 2.00. The minimum atomic E-state index is -1.04. The van der Waals surface area contributed by atoms with Crippen LogP contribution in [-0.4, -0.2) is 22.5 Å². The van der Waals surface area contributed by atoms with Gasteiger partial charge in [-0.3, -0.25) is 14.4 Å². The van der Waals surface area contributed by atoms with Gasteiger partial charge in [-0.2, -0.15) is 0 Å². The highest BCUT2D eigenvalue weighted by molar-refractivity contribution is 6.20. The number of ketones is 3. The average Bonchev–Trinajstić information content (AvgIpc) is 2.38. The zero-order valence-corrected chi connectivity index (χ0v) is 10.8. The van der Waals surface area contributed by atoms with Crippen LogP contribution in [0.5, 0.6) is 5.75 Å². The molecule has 1 aromatic rings. The lowest BCUT2D eigenvalue weighted by atomic mass is 9.75. The van der Waals surface area contributed by atoms with Crippen molar-refractivity contribution in [2.24, 2.45) is 5.92 Å². The Hall–Kier alpha value is -1.97. The quantitative estimate of drug-likeness (QED) is 0.844. The van der Waals surface area contributed by atoms with Crippen LogP contribution in [0.1, 0.15) is 37.7 Å². The third kappa shape index (κ3) is 2.72. The second-order valence-corrected chi connectivity index (χ2v) is 4.88. The normalized spacial score (nSPS) is 23.4. The van der Waals surface area contributed by atoms with Gasteiger partial charge in [0.15, 0.2) is 17.3 Å². The molecule has 1 aliphatic carbocycles. The monoisotopic (exact) mass is 260 g/mol. The van der Waals surface area contributed by atoms with E-state index in [0.29, 0.717) is 0 Å². The molecule has 100 valence electrons. The van der Waals surface area contributed by atoms with Gasteiger partial charge in [0, 0.05) is 19.3 Å². The number of phenols is 1. The van der Waals surface area contributed by atoms with Crippen molar-refractivity contribution in [3.05, 3.63) is 29.8 Å². The maximum atomic E-state index is 12.0. The van der Waals surface area contributed by atoms with Gasteiger partial charge >= 0.3 is 0 Å². The molecule has 0 aliphatic heterocycles. The molecule has 0 saturated heterocycles. The number of aromatic hydroxyl groups is 1. The molecule has 0 unspecified atom stereocenters. The van der Waals surface area contributed by atoms with E-state index < -0.39 is 5.92 Å². The maximum Gasteiger partial charge on any atom is 0.151 e. The molecule has 1 aliphatic rings. The average molecular weight is 260 g/mol. The van der Waals surface area contributed by atoms with Crippen molar-refractivity contribution in [1.82, 2.24) is 0 Å². The molecule has 2 rings (SSSR count). The van der Waals surface area contributed by atoms with E-state index in [2.05, 4.69) is 0 Å². The van der Waals surface area contributed by atoms with Crippen molar-refractivity contribution in [2.75, 3.05) is 0 Å². The van der Waals surface area contributed by atoms with Crippen molar-refractivity contribution < 1.29 is 19.5 Å². The van der Waals surface area contributed by atoms with Crippen LogP contribution < -0.4 is 0 Å². The Morgan fingerprint density at radius 3 is 2.16 bits per heavy atom. The Labute approximate surface area is 111 Å². The molecule has 19 heavy (non-hydrogen) atoms. The van der Waals surface area contributed by atoms with Crippen molar-refractivity contribution in [2.45, 2.75) is 32.1 Å². The van der Waals surface area contributed by atoms with E-state index in [9.17, 15) is 19.5 Å². The standard InChI is InChI=1S/C15H16O4/c1-2-12(17)15-13(18)7-10(8-14(15)19)9-3-5-11(16)6-4-9/h3-6,10,15-16H,2,7-8H2,1H3. The first-order chi connectivity index (χ1) is 9.02. The zero-order chi connectivity index (χ0) is 14.0. The molecule has 1 N–H and O–H groups in total. The van der Waals surface area contributed by atoms with E-state index in [1.807, 2.05) is 0 Å². The number of Topliss-reactive ketones (excluding diaryl/α,β-unsaturated/α-hetero) is 3. The molecule has 4 heteroatoms. The number of benzene rings is 1. The Bertz CT molecular complexity index is 497. The number of carbonyl (C=O) groups is 3. The number of hydrogen-bond acceptors (Lipinski definition) is 4. The van der Waals surface area contributed by atoms with Gasteiger partial charge in [0.2, 0.25) is 0 Å². The Balaban J connectivity index is 2.18. The second kappa shape index (κ2) is 5.34. The highest BCUT2D eigenvalue weighted by atomic mass is 16.3. The fourth-order valence-corrected chi connectivity index (χ4v) is 2.52. The van der Waals surface area contributed by atoms with Gasteiger partial charge in [-0.1, -0.05) is 19.1 Å². The number of hydrogen-bond donors (Lipinski definition) is 1. The summed E-state index contributed by atoms with van der Waals surface area (Å²) in [5, 5.41) is 9.23. The Kier molecular flexibility index (Phi) is 3.79. The summed E-state index contributed by atoms with van der Waals surface area (Å²) in [6.07, 6.45) is 0.645. The zero-order valence-electron chi connectivity index (χ0n) is 10.8. The molecule has 1 aromatic carbocycles. The number of phenolic OH excluding ortho intramolecular Hbond substituents is 1. The maximum absolute atomic E-state index is 12.0. The summed E-state index contributed by atoms with van der Waals surface area (Å²) in [7, 11) is 0. The van der Waals surface area contributed by atoms with Crippen LogP contribution in [0, 0.1) is 5.92 Å². The Morgan fingerprint density at radius 2 is 1.68 bits per heavy atom. The highest BCUT2D eigenvalue weighted by Crippen LogP contribution is 2.33. The van der Waals surface area contributed by atoms with E-state index in [1.165, 1.54) is 12.1 Å². The van der Waals surface area contributed by atoms with E-state index in [1.54, 1.807) is 19.1 Å². The summed E-state index contributed by atoms with van der Waals surface area (Å²) in [6, 6.07) is 6.49. The van der Waals surface area contributed by atoms with Gasteiger partial charge < -0.3 is 5.11 Å². The minimum Gasteiger partial charge on any atom is -0.508 e. The van der Waals surface area contributed by atoms with E-state index in [0.717, 1.165) is 5.56 Å². The molecule has 0 amide bonds. The topological polar surface area (TPSA) is 71.4 Å². The first kappa shape index (κ1) is 13.5. The summed E-state index contributed by atoms with van der Waals surface area (Å²) >= 11 is 0. The van der Waals surface area contributed by atoms with Crippen LogP contribution in [-0.2, 0) is 14.4 Å². The van der Waals surface area contributed by atoms with Crippen molar-refractivity contribution in [3.8, 4) is 5.75 Å². The van der Waals surface area contributed by atoms with E-state index in [4.69, 9.17) is 0 Å². The summed E-state index contributed by atoms with van der Waals surface area (Å²) in [4.78, 5) is 35.5. The highest BCUT2D eigenvalue weighted by Gasteiger charge is 2.39. The van der Waals surface area contributed by atoms with Gasteiger partial charge in [0.25, 0.3) is 0 Å². The van der Waals surface area contributed by atoms with Crippen molar-refractivity contribution >= 4 is 17.3 Å². The molecule has 1 fully saturated rings. The van der Waals surface area contributed by atoms with E-state index >= 15 is 0 Å². The predicted molar refractivity (Wildman–Crippen MR) is 68.9 cm³/mol. The lowest BCUT2D eigenvalue weighted by Crippen LogP contribution is -2.37. The van der Waals surface area contributed by atoms with Gasteiger partial charge in [-0.05, 0) is 23.6 Å². The molecule has 0 radical (unpaired) electrons. The lowest BCUT2D eigenvalue weighted by Gasteiger charge is -2.25. The SMILES string of the molecule is CCC(=O)C1C(=O)CC(c2ccc(O)cc2)CC1=O. The fraction of sp³-hybridized carbons (Fsp3) is 0.400. The van der Waals surface area contributed by atoms with Crippen LogP contribution in [0.25, 0.3) is 0 Å². The van der Waals surface area contributed by atoms with Crippen LogP contribution in [0.3, 0.4) is 0 Å². The van der Waals surface area contributed by atoms with E-state index in [-0.39, 0.29) is 48.3 Å². The third-order valence-corrected chi connectivity index (χ3v) is 3.57. The third-order valence-electron chi connectivity index (χ3n) is 3.57. The molecule has 0 spiro atoms. The summed E-state index contributed by atoms with van der Waals surface area (Å²) in [6.45, 7) is 1.66. The van der Waals surface area contributed by atoms with Crippen molar-refractivity contribution in [3.63, 3.8) is 0 Å². The summed E-state index contributed by atoms with van der Waals surface area (Å²) in [5.74, 6) is -1.90. The largest absolute Gasteiger partial charge is 0.508 e. The van der Waals surface area contributed by atoms with Gasteiger partial charge in [0.05, 0.1) is 0 Å². The molecular weight excluding hydrogens is 244 g/mol. The van der Waals surface area contributed by atoms with Crippen LogP contribution in [0.15, 0.2) is 24.3 Å². The van der Waals surface area contributed by atoms with Gasteiger partial charge in [-0.15, -0.1) is 0 Å². The molecule has 0 bridgehead atoms. The van der Waals surface area contributed by atoms with Crippen molar-refractivity contribution in [1.29, 1.82) is 0 Å². The van der Waals surface area contributed by atoms with Crippen LogP contribution in [0.2, 0.25) is 0 Å². The van der Waals surface area contributed by atoms with Gasteiger partial charge in [-0.25, -0.2) is 0 Å². The van der Waals surface area contributed by atoms with Crippen LogP contribution in [0.4, 0.5) is 0 Å². The molecule has 0 aromatic heterocycles. The number of rotatable bonds is 3. The van der Waals surface area contributed by atoms with Gasteiger partial charge in [0.1, 0.15) is 11.7 Å². The molecule has 0 heterocycles. The lowest BCUT2D eigenvalue weighted by molar-refractivity contribution is -0.142. The first-order valence-electron chi connectivity index (χ1n) is 6.40. The molecule has 1 saturated carbocycles. The minimum absolute atomic E-state index is 0.149. The first-order valence-corrected chi connectivity index (χ1v) is 6.40. The molecular formula is C15H16O4. The smallest absolute Gasteiger partial charge is 0.151 e.